The first kappa shape index (κ1) is 17.9. The van der Waals surface area contributed by atoms with Crippen LogP contribution in [-0.4, -0.2) is 71.2 Å². The predicted octanol–water partition coefficient (Wildman–Crippen LogP) is 2.06. The maximum atomic E-state index is 12.5. The number of anilines is 1. The highest BCUT2D eigenvalue weighted by molar-refractivity contribution is 8.00. The molecule has 0 saturated carbocycles. The van der Waals surface area contributed by atoms with Crippen LogP contribution < -0.4 is 10.2 Å². The van der Waals surface area contributed by atoms with Gasteiger partial charge in [0.2, 0.25) is 5.95 Å². The molecule has 0 spiro atoms. The van der Waals surface area contributed by atoms with E-state index in [2.05, 4.69) is 15.2 Å². The molecule has 0 radical (unpaired) electrons. The molecule has 3 saturated heterocycles. The number of urea groups is 1. The zero-order chi connectivity index (χ0) is 17.8. The Morgan fingerprint density at radius 2 is 2.19 bits per heavy atom. The molecule has 0 aliphatic carbocycles. The zero-order valence-electron chi connectivity index (χ0n) is 15.1. The molecule has 2 unspecified atom stereocenters. The van der Waals surface area contributed by atoms with Crippen molar-refractivity contribution in [1.82, 2.24) is 20.2 Å². The number of carbonyl (C=O) groups excluding carboxylic acids is 1. The Hall–Kier alpha value is -1.54. The van der Waals surface area contributed by atoms with Gasteiger partial charge in [-0.3, -0.25) is 0 Å². The fourth-order valence-corrected chi connectivity index (χ4v) is 4.94. The van der Waals surface area contributed by atoms with Gasteiger partial charge in [-0.2, -0.15) is 11.8 Å². The van der Waals surface area contributed by atoms with Crippen LogP contribution in [-0.2, 0) is 4.74 Å². The number of thioether (sulfide) groups is 1. The minimum atomic E-state index is -0.181. The molecule has 3 fully saturated rings. The molecule has 2 atom stereocenters. The summed E-state index contributed by atoms with van der Waals surface area (Å²) in [5, 5.41) is 3.66. The second-order valence-electron chi connectivity index (χ2n) is 7.10. The van der Waals surface area contributed by atoms with Crippen LogP contribution in [0.4, 0.5) is 10.7 Å². The number of nitrogens with one attached hydrogen (secondary N) is 1. The number of amides is 2. The first-order valence-corrected chi connectivity index (χ1v) is 10.7. The number of ether oxygens (including phenoxy) is 1. The van der Waals surface area contributed by atoms with Crippen molar-refractivity contribution in [3.63, 3.8) is 0 Å². The summed E-state index contributed by atoms with van der Waals surface area (Å²) in [5.41, 5.74) is 0.866. The van der Waals surface area contributed by atoms with E-state index in [4.69, 9.17) is 9.72 Å². The summed E-state index contributed by atoms with van der Waals surface area (Å²) in [4.78, 5) is 25.7. The third-order valence-electron chi connectivity index (χ3n) is 5.24. The van der Waals surface area contributed by atoms with E-state index in [0.717, 1.165) is 31.3 Å². The minimum absolute atomic E-state index is 0.0135. The van der Waals surface area contributed by atoms with Crippen molar-refractivity contribution in [2.45, 2.75) is 37.0 Å². The van der Waals surface area contributed by atoms with E-state index < -0.39 is 0 Å². The van der Waals surface area contributed by atoms with E-state index in [1.807, 2.05) is 22.7 Å². The maximum absolute atomic E-state index is 12.5. The third kappa shape index (κ3) is 4.23. The second-order valence-corrected chi connectivity index (χ2v) is 8.51. The average molecular weight is 378 g/mol. The van der Waals surface area contributed by atoms with Gasteiger partial charge in [-0.25, -0.2) is 14.8 Å². The molecule has 7 nitrogen and oxygen atoms in total. The number of aromatic nitrogens is 2. The van der Waals surface area contributed by atoms with Gasteiger partial charge in [0, 0.05) is 37.6 Å². The van der Waals surface area contributed by atoms with Crippen molar-refractivity contribution in [2.24, 2.45) is 0 Å². The molecule has 3 aliphatic heterocycles. The first-order chi connectivity index (χ1) is 12.8. The zero-order valence-corrected chi connectivity index (χ0v) is 15.9. The first-order valence-electron chi connectivity index (χ1n) is 9.63. The number of hydrogen-bond acceptors (Lipinski definition) is 6. The quantitative estimate of drug-likeness (QED) is 0.866. The highest BCUT2D eigenvalue weighted by atomic mass is 32.2. The molecule has 4 heterocycles. The Morgan fingerprint density at radius 1 is 1.31 bits per heavy atom. The summed E-state index contributed by atoms with van der Waals surface area (Å²) in [6.07, 6.45) is 6.48. The lowest BCUT2D eigenvalue weighted by atomic mass is 10.2. The summed E-state index contributed by atoms with van der Waals surface area (Å²) in [7, 11) is 0. The number of nitrogens with zero attached hydrogens (tertiary/aromatic N) is 4. The Labute approximate surface area is 158 Å². The largest absolute Gasteiger partial charge is 0.368 e. The Bertz CT molecular complexity index is 619. The standard InChI is InChI=1S/C18H27N5O2S/c24-18(20-12-14-4-3-11-26-14)23-9-10-25-16(13-23)15-5-6-19-17(21-15)22-7-1-2-8-22/h5-6,14,16H,1-4,7-13H2,(H,20,24). The maximum Gasteiger partial charge on any atom is 0.317 e. The lowest BCUT2D eigenvalue weighted by molar-refractivity contribution is -0.0176. The smallest absolute Gasteiger partial charge is 0.317 e. The van der Waals surface area contributed by atoms with Crippen LogP contribution in [0.25, 0.3) is 0 Å². The summed E-state index contributed by atoms with van der Waals surface area (Å²) in [6.45, 7) is 4.51. The predicted molar refractivity (Wildman–Crippen MR) is 103 cm³/mol. The normalized spacial score (nSPS) is 26.3. The van der Waals surface area contributed by atoms with Crippen molar-refractivity contribution >= 4 is 23.7 Å². The van der Waals surface area contributed by atoms with Crippen LogP contribution in [0.15, 0.2) is 12.3 Å². The molecular formula is C18H27N5O2S. The molecule has 1 N–H and O–H groups in total. The van der Waals surface area contributed by atoms with Crippen LogP contribution in [0.5, 0.6) is 0 Å². The van der Waals surface area contributed by atoms with Crippen molar-refractivity contribution in [3.05, 3.63) is 18.0 Å². The summed E-state index contributed by atoms with van der Waals surface area (Å²) in [5.74, 6) is 2.00. The van der Waals surface area contributed by atoms with Crippen molar-refractivity contribution < 1.29 is 9.53 Å². The van der Waals surface area contributed by atoms with Gasteiger partial charge in [0.05, 0.1) is 18.8 Å². The summed E-state index contributed by atoms with van der Waals surface area (Å²) >= 11 is 1.96. The highest BCUT2D eigenvalue weighted by Crippen LogP contribution is 2.26. The third-order valence-corrected chi connectivity index (χ3v) is 6.64. The Balaban J connectivity index is 1.35. The van der Waals surface area contributed by atoms with Gasteiger partial charge in [0.25, 0.3) is 0 Å². The molecular weight excluding hydrogens is 350 g/mol. The summed E-state index contributed by atoms with van der Waals surface area (Å²) in [6, 6.07) is 1.92. The van der Waals surface area contributed by atoms with Crippen LogP contribution >= 0.6 is 11.8 Å². The minimum Gasteiger partial charge on any atom is -0.368 e. The van der Waals surface area contributed by atoms with Gasteiger partial charge in [-0.05, 0) is 37.5 Å². The van der Waals surface area contributed by atoms with Gasteiger partial charge in [0.1, 0.15) is 6.10 Å². The SMILES string of the molecule is O=C(NCC1CCCS1)N1CCOC(c2ccnc(N3CCCC3)n2)C1. The monoisotopic (exact) mass is 377 g/mol. The Morgan fingerprint density at radius 3 is 3.00 bits per heavy atom. The number of rotatable bonds is 4. The highest BCUT2D eigenvalue weighted by Gasteiger charge is 2.28. The summed E-state index contributed by atoms with van der Waals surface area (Å²) < 4.78 is 5.91. The molecule has 142 valence electrons. The molecule has 1 aromatic rings. The van der Waals surface area contributed by atoms with Crippen molar-refractivity contribution in [2.75, 3.05) is 50.0 Å². The topological polar surface area (TPSA) is 70.6 Å². The number of hydrogen-bond donors (Lipinski definition) is 1. The van der Waals surface area contributed by atoms with E-state index >= 15 is 0 Å². The second kappa shape index (κ2) is 8.43. The van der Waals surface area contributed by atoms with E-state index in [0.29, 0.717) is 24.9 Å². The van der Waals surface area contributed by atoms with Crippen LogP contribution in [0, 0.1) is 0 Å². The molecule has 4 rings (SSSR count). The van der Waals surface area contributed by atoms with Crippen LogP contribution in [0.2, 0.25) is 0 Å². The molecule has 0 bridgehead atoms. The molecule has 8 heteroatoms. The Kier molecular flexibility index (Phi) is 5.79. The van der Waals surface area contributed by atoms with Gasteiger partial charge in [-0.15, -0.1) is 0 Å². The van der Waals surface area contributed by atoms with Gasteiger partial charge in [0.15, 0.2) is 0 Å². The molecule has 26 heavy (non-hydrogen) atoms. The van der Waals surface area contributed by atoms with Crippen molar-refractivity contribution in [3.8, 4) is 0 Å². The molecule has 2 amide bonds. The fraction of sp³-hybridized carbons (Fsp3) is 0.722. The van der Waals surface area contributed by atoms with E-state index in [1.165, 1.54) is 31.4 Å². The lowest BCUT2D eigenvalue weighted by Gasteiger charge is -2.33. The van der Waals surface area contributed by atoms with Crippen LogP contribution in [0.3, 0.4) is 0 Å². The molecule has 0 aromatic carbocycles. The number of morpholine rings is 1. The van der Waals surface area contributed by atoms with Gasteiger partial charge < -0.3 is 19.9 Å². The van der Waals surface area contributed by atoms with Gasteiger partial charge >= 0.3 is 6.03 Å². The average Bonchev–Trinajstić information content (AvgIpc) is 3.40. The van der Waals surface area contributed by atoms with E-state index in [9.17, 15) is 4.79 Å². The van der Waals surface area contributed by atoms with Crippen LogP contribution in [0.1, 0.15) is 37.5 Å². The fourth-order valence-electron chi connectivity index (χ4n) is 3.74. The molecule has 1 aromatic heterocycles. The van der Waals surface area contributed by atoms with Gasteiger partial charge in [-0.1, -0.05) is 0 Å². The van der Waals surface area contributed by atoms with E-state index in [1.54, 1.807) is 6.20 Å². The number of carbonyl (C=O) groups is 1. The lowest BCUT2D eigenvalue weighted by Crippen LogP contribution is -2.48. The van der Waals surface area contributed by atoms with Crippen molar-refractivity contribution in [1.29, 1.82) is 0 Å². The molecule has 3 aliphatic rings. The van der Waals surface area contributed by atoms with E-state index in [-0.39, 0.29) is 12.1 Å².